The van der Waals surface area contributed by atoms with Crippen LogP contribution in [0.2, 0.25) is 0 Å². The SMILES string of the molecule is COc1cc2nccc(Oc3c(F)cccc3-c3ccc(O)c(C4CCCCO4)c3)c2cc1OC. The molecule has 1 N–H and O–H groups in total. The van der Waals surface area contributed by atoms with Gasteiger partial charge in [0.15, 0.2) is 23.1 Å². The maximum absolute atomic E-state index is 15.2. The Morgan fingerprint density at radius 1 is 0.971 bits per heavy atom. The van der Waals surface area contributed by atoms with Gasteiger partial charge >= 0.3 is 0 Å². The van der Waals surface area contributed by atoms with Crippen molar-refractivity contribution in [3.8, 4) is 39.9 Å². The number of rotatable bonds is 6. The van der Waals surface area contributed by atoms with E-state index in [9.17, 15) is 5.11 Å². The zero-order chi connectivity index (χ0) is 24.4. The standard InChI is InChI=1S/C28H26FNO5/c1-32-26-15-19-22(16-27(26)33-2)30-12-11-25(19)35-28-18(6-5-7-21(28)29)17-9-10-23(31)20(14-17)24-8-3-4-13-34-24/h5-7,9-12,14-16,24,31H,3-4,8,13H2,1-2H3. The lowest BCUT2D eigenvalue weighted by atomic mass is 9.95. The zero-order valence-electron chi connectivity index (χ0n) is 19.6. The summed E-state index contributed by atoms with van der Waals surface area (Å²) in [6.45, 7) is 0.659. The number of methoxy groups -OCH3 is 2. The zero-order valence-corrected chi connectivity index (χ0v) is 19.6. The van der Waals surface area contributed by atoms with Gasteiger partial charge in [0.2, 0.25) is 0 Å². The number of aromatic nitrogens is 1. The Balaban J connectivity index is 1.58. The first kappa shape index (κ1) is 22.9. The van der Waals surface area contributed by atoms with Gasteiger partial charge in [-0.3, -0.25) is 4.98 Å². The number of benzene rings is 3. The molecule has 6 nitrogen and oxygen atoms in total. The van der Waals surface area contributed by atoms with Crippen LogP contribution in [0.4, 0.5) is 4.39 Å². The van der Waals surface area contributed by atoms with E-state index in [-0.39, 0.29) is 17.6 Å². The molecule has 1 atom stereocenters. The molecule has 1 aliphatic rings. The van der Waals surface area contributed by atoms with Crippen LogP contribution in [0.25, 0.3) is 22.0 Å². The van der Waals surface area contributed by atoms with Crippen molar-refractivity contribution in [2.45, 2.75) is 25.4 Å². The average molecular weight is 476 g/mol. The Labute approximate surface area is 202 Å². The van der Waals surface area contributed by atoms with Crippen LogP contribution in [0.1, 0.15) is 30.9 Å². The molecule has 1 aromatic heterocycles. The fourth-order valence-electron chi connectivity index (χ4n) is 4.45. The molecule has 0 aliphatic carbocycles. The molecule has 35 heavy (non-hydrogen) atoms. The van der Waals surface area contributed by atoms with Crippen molar-refractivity contribution in [2.75, 3.05) is 20.8 Å². The first-order valence-electron chi connectivity index (χ1n) is 11.5. The summed E-state index contributed by atoms with van der Waals surface area (Å²) in [7, 11) is 3.11. The van der Waals surface area contributed by atoms with Gasteiger partial charge in [-0.1, -0.05) is 18.2 Å². The minimum absolute atomic E-state index is 0.0796. The highest BCUT2D eigenvalue weighted by molar-refractivity contribution is 5.88. The van der Waals surface area contributed by atoms with Crippen molar-refractivity contribution < 1.29 is 28.4 Å². The molecule has 0 bridgehead atoms. The molecule has 5 rings (SSSR count). The van der Waals surface area contributed by atoms with E-state index in [0.29, 0.717) is 45.9 Å². The number of phenols is 1. The Morgan fingerprint density at radius 3 is 2.57 bits per heavy atom. The summed E-state index contributed by atoms with van der Waals surface area (Å²) in [4.78, 5) is 4.39. The van der Waals surface area contributed by atoms with Crippen molar-refractivity contribution in [2.24, 2.45) is 0 Å². The summed E-state index contributed by atoms with van der Waals surface area (Å²) in [5.41, 5.74) is 2.61. The predicted molar refractivity (Wildman–Crippen MR) is 131 cm³/mol. The number of pyridine rings is 1. The quantitative estimate of drug-likeness (QED) is 0.331. The van der Waals surface area contributed by atoms with E-state index in [1.54, 1.807) is 62.9 Å². The minimum atomic E-state index is -0.503. The molecule has 1 fully saturated rings. The van der Waals surface area contributed by atoms with Gasteiger partial charge in [0, 0.05) is 35.4 Å². The maximum atomic E-state index is 15.2. The molecule has 1 aliphatic heterocycles. The van der Waals surface area contributed by atoms with Gasteiger partial charge < -0.3 is 24.1 Å². The lowest BCUT2D eigenvalue weighted by Crippen LogP contribution is -2.11. The maximum Gasteiger partial charge on any atom is 0.170 e. The summed E-state index contributed by atoms with van der Waals surface area (Å²) in [6, 6.07) is 15.2. The Morgan fingerprint density at radius 2 is 1.80 bits per heavy atom. The number of halogens is 1. The lowest BCUT2D eigenvalue weighted by Gasteiger charge is -2.24. The average Bonchev–Trinajstić information content (AvgIpc) is 2.90. The molecule has 180 valence electrons. The summed E-state index contributed by atoms with van der Waals surface area (Å²) in [5.74, 6) is 1.23. The molecule has 0 spiro atoms. The molecule has 1 saturated heterocycles. The molecule has 0 saturated carbocycles. The molecule has 7 heteroatoms. The second kappa shape index (κ2) is 9.80. The number of fused-ring (bicyclic) bond motifs is 1. The van der Waals surface area contributed by atoms with Crippen LogP contribution < -0.4 is 14.2 Å². The van der Waals surface area contributed by atoms with Crippen molar-refractivity contribution in [3.05, 3.63) is 72.2 Å². The number of para-hydroxylation sites is 1. The van der Waals surface area contributed by atoms with E-state index >= 15 is 4.39 Å². The third kappa shape index (κ3) is 4.47. The minimum Gasteiger partial charge on any atom is -0.508 e. The van der Waals surface area contributed by atoms with E-state index in [1.165, 1.54) is 6.07 Å². The second-order valence-corrected chi connectivity index (χ2v) is 8.38. The van der Waals surface area contributed by atoms with Crippen LogP contribution in [0.15, 0.2) is 60.8 Å². The fourth-order valence-corrected chi connectivity index (χ4v) is 4.45. The first-order valence-corrected chi connectivity index (χ1v) is 11.5. The first-order chi connectivity index (χ1) is 17.1. The van der Waals surface area contributed by atoms with Gasteiger partial charge in [-0.15, -0.1) is 0 Å². The lowest BCUT2D eigenvalue weighted by molar-refractivity contribution is 0.0137. The Kier molecular flexibility index (Phi) is 6.42. The van der Waals surface area contributed by atoms with E-state index in [2.05, 4.69) is 4.98 Å². The molecular weight excluding hydrogens is 449 g/mol. The highest BCUT2D eigenvalue weighted by Gasteiger charge is 2.22. The molecule has 4 aromatic rings. The Hall–Kier alpha value is -3.84. The molecule has 2 heterocycles. The third-order valence-corrected chi connectivity index (χ3v) is 6.25. The van der Waals surface area contributed by atoms with Crippen LogP contribution in [0, 0.1) is 5.82 Å². The van der Waals surface area contributed by atoms with Crippen LogP contribution in [-0.4, -0.2) is 30.9 Å². The number of nitrogens with zero attached hydrogens (tertiary/aromatic N) is 1. The topological polar surface area (TPSA) is 70.0 Å². The van der Waals surface area contributed by atoms with Crippen LogP contribution in [-0.2, 0) is 4.74 Å². The number of aromatic hydroxyl groups is 1. The van der Waals surface area contributed by atoms with E-state index in [1.807, 2.05) is 6.07 Å². The number of hydrogen-bond donors (Lipinski definition) is 1. The van der Waals surface area contributed by atoms with Crippen molar-refractivity contribution in [3.63, 3.8) is 0 Å². The highest BCUT2D eigenvalue weighted by Crippen LogP contribution is 2.42. The third-order valence-electron chi connectivity index (χ3n) is 6.25. The van der Waals surface area contributed by atoms with Crippen LogP contribution >= 0.6 is 0 Å². The van der Waals surface area contributed by atoms with Gasteiger partial charge in [0.05, 0.1) is 25.8 Å². The number of phenolic OH excluding ortho intramolecular Hbond substituents is 1. The van der Waals surface area contributed by atoms with Crippen LogP contribution in [0.5, 0.6) is 28.7 Å². The molecule has 0 amide bonds. The summed E-state index contributed by atoms with van der Waals surface area (Å²) < 4.78 is 38.0. The second-order valence-electron chi connectivity index (χ2n) is 8.38. The Bertz CT molecular complexity index is 1370. The smallest absolute Gasteiger partial charge is 0.170 e. The normalized spacial score (nSPS) is 15.7. The molecule has 0 radical (unpaired) electrons. The van der Waals surface area contributed by atoms with Gasteiger partial charge in [-0.2, -0.15) is 0 Å². The largest absolute Gasteiger partial charge is 0.508 e. The van der Waals surface area contributed by atoms with Gasteiger partial charge in [0.1, 0.15) is 11.5 Å². The van der Waals surface area contributed by atoms with Crippen LogP contribution in [0.3, 0.4) is 0 Å². The predicted octanol–water partition coefficient (Wildman–Crippen LogP) is 6.80. The number of hydrogen-bond acceptors (Lipinski definition) is 6. The van der Waals surface area contributed by atoms with Crippen molar-refractivity contribution in [1.29, 1.82) is 0 Å². The van der Waals surface area contributed by atoms with Gasteiger partial charge in [-0.05, 0) is 55.2 Å². The van der Waals surface area contributed by atoms with E-state index < -0.39 is 5.82 Å². The van der Waals surface area contributed by atoms with E-state index in [0.717, 1.165) is 24.8 Å². The van der Waals surface area contributed by atoms with Gasteiger partial charge in [-0.25, -0.2) is 4.39 Å². The summed E-state index contributed by atoms with van der Waals surface area (Å²) in [5, 5.41) is 11.1. The van der Waals surface area contributed by atoms with E-state index in [4.69, 9.17) is 18.9 Å². The molecular formula is C28H26FNO5. The molecule has 3 aromatic carbocycles. The van der Waals surface area contributed by atoms with Crippen molar-refractivity contribution >= 4 is 10.9 Å². The monoisotopic (exact) mass is 475 g/mol. The van der Waals surface area contributed by atoms with Gasteiger partial charge in [0.25, 0.3) is 0 Å². The summed E-state index contributed by atoms with van der Waals surface area (Å²) in [6.07, 6.45) is 4.29. The molecule has 1 unspecified atom stereocenters. The summed E-state index contributed by atoms with van der Waals surface area (Å²) >= 11 is 0. The van der Waals surface area contributed by atoms with Crippen molar-refractivity contribution in [1.82, 2.24) is 4.98 Å². The highest BCUT2D eigenvalue weighted by atomic mass is 19.1. The number of ether oxygens (including phenoxy) is 4. The fraction of sp³-hybridized carbons (Fsp3) is 0.250.